The van der Waals surface area contributed by atoms with E-state index >= 15 is 0 Å². The maximum atomic E-state index is 12.4. The van der Waals surface area contributed by atoms with Gasteiger partial charge in [-0.25, -0.2) is 0 Å². The van der Waals surface area contributed by atoms with Crippen molar-refractivity contribution < 1.29 is 14.6 Å². The number of aliphatic hydroxyl groups excluding tert-OH is 1. The van der Waals surface area contributed by atoms with Crippen LogP contribution in [0.3, 0.4) is 0 Å². The third kappa shape index (κ3) is 3.55. The van der Waals surface area contributed by atoms with Crippen LogP contribution in [0, 0.1) is 0 Å². The summed E-state index contributed by atoms with van der Waals surface area (Å²) in [4.78, 5) is 15.2. The highest BCUT2D eigenvalue weighted by Gasteiger charge is 2.25. The Morgan fingerprint density at radius 2 is 2.26 bits per heavy atom. The maximum absolute atomic E-state index is 12.4. The van der Waals surface area contributed by atoms with Crippen molar-refractivity contribution in [2.75, 3.05) is 26.3 Å². The van der Waals surface area contributed by atoms with Crippen LogP contribution in [0.1, 0.15) is 35.0 Å². The highest BCUT2D eigenvalue weighted by molar-refractivity contribution is 7.12. The molecule has 0 unspecified atom stereocenters. The number of hydrogen-bond donors (Lipinski definition) is 1. The summed E-state index contributed by atoms with van der Waals surface area (Å²) < 4.78 is 5.51. The summed E-state index contributed by atoms with van der Waals surface area (Å²) in [5, 5.41) is 10.7. The Balaban J connectivity index is 1.89. The second-order valence-electron chi connectivity index (χ2n) is 4.71. The van der Waals surface area contributed by atoms with E-state index in [2.05, 4.69) is 6.92 Å². The molecule has 1 aliphatic heterocycles. The molecule has 0 aromatic carbocycles. The van der Waals surface area contributed by atoms with Crippen molar-refractivity contribution in [2.45, 2.75) is 32.3 Å². The number of amides is 1. The first kappa shape index (κ1) is 14.5. The number of rotatable bonds is 5. The largest absolute Gasteiger partial charge is 0.394 e. The third-order valence-corrected chi connectivity index (χ3v) is 4.44. The van der Waals surface area contributed by atoms with Gasteiger partial charge in [-0.2, -0.15) is 0 Å². The molecular formula is C14H21NO3S. The monoisotopic (exact) mass is 283 g/mol. The minimum Gasteiger partial charge on any atom is -0.394 e. The van der Waals surface area contributed by atoms with Gasteiger partial charge in [0.2, 0.25) is 0 Å². The molecule has 1 N–H and O–H groups in total. The zero-order valence-electron chi connectivity index (χ0n) is 11.3. The summed E-state index contributed by atoms with van der Waals surface area (Å²) >= 11 is 1.54. The smallest absolute Gasteiger partial charge is 0.264 e. The van der Waals surface area contributed by atoms with Gasteiger partial charge in [0.05, 0.1) is 24.2 Å². The fraction of sp³-hybridized carbons (Fsp3) is 0.643. The lowest BCUT2D eigenvalue weighted by Gasteiger charge is -2.31. The van der Waals surface area contributed by atoms with E-state index in [1.54, 1.807) is 0 Å². The van der Waals surface area contributed by atoms with Crippen molar-refractivity contribution in [3.63, 3.8) is 0 Å². The van der Waals surface area contributed by atoms with Crippen LogP contribution >= 0.6 is 11.3 Å². The molecule has 0 aliphatic carbocycles. The quantitative estimate of drug-likeness (QED) is 0.898. The molecule has 5 heteroatoms. The molecule has 0 spiro atoms. The van der Waals surface area contributed by atoms with E-state index in [1.807, 2.05) is 16.3 Å². The van der Waals surface area contributed by atoms with Crippen LogP contribution in [0.2, 0.25) is 0 Å². The molecule has 1 amide bonds. The SMILES string of the molecule is CCc1ccsc1C(=O)N1CCC(OCCO)CC1. The molecule has 0 bridgehead atoms. The van der Waals surface area contributed by atoms with Gasteiger partial charge in [-0.1, -0.05) is 6.92 Å². The summed E-state index contributed by atoms with van der Waals surface area (Å²) in [5.41, 5.74) is 1.15. The molecule has 106 valence electrons. The Labute approximate surface area is 118 Å². The summed E-state index contributed by atoms with van der Waals surface area (Å²) in [7, 11) is 0. The number of likely N-dealkylation sites (tertiary alicyclic amines) is 1. The Hall–Kier alpha value is -0.910. The highest BCUT2D eigenvalue weighted by atomic mass is 32.1. The van der Waals surface area contributed by atoms with Gasteiger partial charge in [0.25, 0.3) is 5.91 Å². The van der Waals surface area contributed by atoms with Gasteiger partial charge < -0.3 is 14.7 Å². The first-order valence-electron chi connectivity index (χ1n) is 6.84. The Morgan fingerprint density at radius 3 is 2.89 bits per heavy atom. The van der Waals surface area contributed by atoms with E-state index in [1.165, 1.54) is 11.3 Å². The summed E-state index contributed by atoms with van der Waals surface area (Å²) in [6, 6.07) is 2.04. The zero-order valence-corrected chi connectivity index (χ0v) is 12.1. The number of aryl methyl sites for hydroxylation is 1. The molecule has 1 aromatic heterocycles. The van der Waals surface area contributed by atoms with Crippen LogP contribution in [0.5, 0.6) is 0 Å². The Bertz CT molecular complexity index is 411. The number of carbonyl (C=O) groups excluding carboxylic acids is 1. The van der Waals surface area contributed by atoms with Gasteiger partial charge in [0.1, 0.15) is 0 Å². The molecular weight excluding hydrogens is 262 g/mol. The van der Waals surface area contributed by atoms with Gasteiger partial charge in [-0.3, -0.25) is 4.79 Å². The second kappa shape index (κ2) is 7.03. The van der Waals surface area contributed by atoms with Crippen LogP contribution in [0.15, 0.2) is 11.4 Å². The van der Waals surface area contributed by atoms with Crippen molar-refractivity contribution in [3.05, 3.63) is 21.9 Å². The van der Waals surface area contributed by atoms with E-state index in [4.69, 9.17) is 9.84 Å². The maximum Gasteiger partial charge on any atom is 0.264 e. The molecule has 0 atom stereocenters. The van der Waals surface area contributed by atoms with E-state index in [9.17, 15) is 4.79 Å². The molecule has 0 radical (unpaired) electrons. The minimum absolute atomic E-state index is 0.0637. The fourth-order valence-corrected chi connectivity index (χ4v) is 3.35. The van der Waals surface area contributed by atoms with Crippen LogP contribution < -0.4 is 0 Å². The van der Waals surface area contributed by atoms with Crippen LogP contribution in [0.4, 0.5) is 0 Å². The fourth-order valence-electron chi connectivity index (χ4n) is 2.39. The molecule has 1 fully saturated rings. The minimum atomic E-state index is 0.0637. The first-order valence-corrected chi connectivity index (χ1v) is 7.72. The molecule has 19 heavy (non-hydrogen) atoms. The van der Waals surface area contributed by atoms with Gasteiger partial charge in [-0.05, 0) is 36.3 Å². The van der Waals surface area contributed by atoms with Gasteiger partial charge in [-0.15, -0.1) is 11.3 Å². The molecule has 1 saturated heterocycles. The standard InChI is InChI=1S/C14H21NO3S/c1-2-11-5-10-19-13(11)14(17)15-6-3-12(4-7-15)18-9-8-16/h5,10,12,16H,2-4,6-9H2,1H3. The summed E-state index contributed by atoms with van der Waals surface area (Å²) in [6.45, 7) is 4.03. The number of hydrogen-bond acceptors (Lipinski definition) is 4. The van der Waals surface area contributed by atoms with E-state index in [0.717, 1.165) is 42.8 Å². The van der Waals surface area contributed by atoms with Crippen LogP contribution in [-0.2, 0) is 11.2 Å². The average molecular weight is 283 g/mol. The topological polar surface area (TPSA) is 49.8 Å². The Morgan fingerprint density at radius 1 is 1.53 bits per heavy atom. The average Bonchev–Trinajstić information content (AvgIpc) is 2.93. The number of nitrogens with zero attached hydrogens (tertiary/aromatic N) is 1. The normalized spacial score (nSPS) is 16.8. The second-order valence-corrected chi connectivity index (χ2v) is 5.63. The molecule has 2 heterocycles. The van der Waals surface area contributed by atoms with Gasteiger partial charge in [0.15, 0.2) is 0 Å². The van der Waals surface area contributed by atoms with E-state index in [-0.39, 0.29) is 18.6 Å². The summed E-state index contributed by atoms with van der Waals surface area (Å²) in [5.74, 6) is 0.160. The lowest BCUT2D eigenvalue weighted by molar-refractivity contribution is -0.00546. The molecule has 4 nitrogen and oxygen atoms in total. The van der Waals surface area contributed by atoms with Crippen LogP contribution in [0.25, 0.3) is 0 Å². The zero-order chi connectivity index (χ0) is 13.7. The highest BCUT2D eigenvalue weighted by Crippen LogP contribution is 2.22. The van der Waals surface area contributed by atoms with Crippen LogP contribution in [-0.4, -0.2) is 48.3 Å². The van der Waals surface area contributed by atoms with Crippen molar-refractivity contribution >= 4 is 17.2 Å². The number of ether oxygens (including phenoxy) is 1. The lowest BCUT2D eigenvalue weighted by atomic mass is 10.1. The summed E-state index contributed by atoms with van der Waals surface area (Å²) in [6.07, 6.45) is 2.81. The van der Waals surface area contributed by atoms with Crippen molar-refractivity contribution in [2.24, 2.45) is 0 Å². The molecule has 1 aliphatic rings. The third-order valence-electron chi connectivity index (χ3n) is 3.50. The van der Waals surface area contributed by atoms with Gasteiger partial charge >= 0.3 is 0 Å². The molecule has 1 aromatic rings. The van der Waals surface area contributed by atoms with Crippen molar-refractivity contribution in [3.8, 4) is 0 Å². The number of carbonyl (C=O) groups is 1. The van der Waals surface area contributed by atoms with Crippen molar-refractivity contribution in [1.82, 2.24) is 4.90 Å². The van der Waals surface area contributed by atoms with E-state index < -0.39 is 0 Å². The first-order chi connectivity index (χ1) is 9.26. The number of piperidine rings is 1. The number of aliphatic hydroxyl groups is 1. The molecule has 2 rings (SSSR count). The van der Waals surface area contributed by atoms with Gasteiger partial charge in [0, 0.05) is 13.1 Å². The number of thiophene rings is 1. The predicted molar refractivity (Wildman–Crippen MR) is 75.7 cm³/mol. The Kier molecular flexibility index (Phi) is 5.36. The predicted octanol–water partition coefficient (Wildman–Crippen LogP) is 1.92. The lowest BCUT2D eigenvalue weighted by Crippen LogP contribution is -2.41. The molecule has 0 saturated carbocycles. The van der Waals surface area contributed by atoms with E-state index in [0.29, 0.717) is 6.61 Å². The van der Waals surface area contributed by atoms with Crippen molar-refractivity contribution in [1.29, 1.82) is 0 Å².